The second-order valence-corrected chi connectivity index (χ2v) is 6.09. The fourth-order valence-electron chi connectivity index (χ4n) is 1.11. The molecule has 0 heterocycles. The normalized spacial score (nSPS) is 10.1. The van der Waals surface area contributed by atoms with E-state index in [1.165, 1.54) is 11.1 Å². The summed E-state index contributed by atoms with van der Waals surface area (Å²) in [6, 6.07) is 8.39. The molecule has 0 aliphatic heterocycles. The van der Waals surface area contributed by atoms with Gasteiger partial charge in [-0.2, -0.15) is 5.56 Å². The minimum absolute atomic E-state index is 0. The van der Waals surface area contributed by atoms with Gasteiger partial charge in [0.05, 0.1) is 0 Å². The molecule has 0 bridgehead atoms. The van der Waals surface area contributed by atoms with Gasteiger partial charge < -0.3 is 30.5 Å². The Morgan fingerprint density at radius 2 is 1.50 bits per heavy atom. The number of benzene rings is 1. The van der Waals surface area contributed by atoms with Crippen LogP contribution in [0.1, 0.15) is 31.9 Å². The van der Waals surface area contributed by atoms with Gasteiger partial charge in [0, 0.05) is 15.1 Å². The molecule has 1 aliphatic rings. The van der Waals surface area contributed by atoms with E-state index in [0.29, 0.717) is 0 Å². The molecule has 1 aromatic rings. The van der Waals surface area contributed by atoms with E-state index < -0.39 is 0 Å². The van der Waals surface area contributed by atoms with Gasteiger partial charge in [0.1, 0.15) is 0 Å². The second kappa shape index (κ2) is 15.8. The summed E-state index contributed by atoms with van der Waals surface area (Å²) in [5, 5.41) is 0. The number of nitrogens with two attached hydrogens (primary N) is 1. The Labute approximate surface area is 154 Å². The summed E-state index contributed by atoms with van der Waals surface area (Å²) in [7, 11) is 1.08. The van der Waals surface area contributed by atoms with Crippen LogP contribution in [0.25, 0.3) is 6.08 Å². The number of allylic oxidation sites excluding steroid dienone is 1. The number of halogens is 2. The van der Waals surface area contributed by atoms with Gasteiger partial charge in [0.25, 0.3) is 0 Å². The standard InChI is InChI=1S/C9H7.C4H11N.C2H6Si.2ClH.Ti/c1-2-5-9-7-3-6-8(9)4-1;1-4(2,3)5;1-3-2;;;/h1-2,4-6H,7H2;5H2,1-3H3;1-2H3;2*1H;/q-1;;;;;+3/p-2. The zero-order valence-corrected chi connectivity index (χ0v) is 17.0. The minimum atomic E-state index is 0. The van der Waals surface area contributed by atoms with E-state index in [4.69, 9.17) is 5.73 Å². The Bertz CT molecular complexity index is 346. The first-order valence-electron chi connectivity index (χ1n) is 5.90. The molecule has 1 nitrogen and oxygen atoms in total. The number of hydrogen-bond acceptors (Lipinski definition) is 1. The fraction of sp³-hybridized carbons (Fsp3) is 0.467. The zero-order chi connectivity index (χ0) is 13.3. The van der Waals surface area contributed by atoms with Crippen molar-refractivity contribution in [3.63, 3.8) is 0 Å². The molecule has 20 heavy (non-hydrogen) atoms. The van der Waals surface area contributed by atoms with Crippen LogP contribution in [0.4, 0.5) is 0 Å². The quantitative estimate of drug-likeness (QED) is 0.403. The van der Waals surface area contributed by atoms with Gasteiger partial charge in [-0.25, -0.2) is 6.08 Å². The summed E-state index contributed by atoms with van der Waals surface area (Å²) in [5.74, 6) is 0. The number of fused-ring (bicyclic) bond motifs is 1. The van der Waals surface area contributed by atoms with Crippen LogP contribution >= 0.6 is 0 Å². The SMILES string of the molecule is CC(C)(C)N.C[Si]C.[C-]1=Cc2ccccc2C1.[Cl-].[Cl-].[Ti+3]. The third-order valence-corrected chi connectivity index (χ3v) is 1.61. The van der Waals surface area contributed by atoms with E-state index in [-0.39, 0.29) is 52.1 Å². The van der Waals surface area contributed by atoms with Crippen LogP contribution in [0.2, 0.25) is 13.1 Å². The van der Waals surface area contributed by atoms with Gasteiger partial charge in [-0.3, -0.25) is 6.08 Å². The number of rotatable bonds is 0. The van der Waals surface area contributed by atoms with Crippen LogP contribution in [-0.4, -0.2) is 15.1 Å². The molecule has 111 valence electrons. The van der Waals surface area contributed by atoms with E-state index in [1.807, 2.05) is 20.8 Å². The summed E-state index contributed by atoms with van der Waals surface area (Å²) < 4.78 is 0. The largest absolute Gasteiger partial charge is 3.00 e. The summed E-state index contributed by atoms with van der Waals surface area (Å²) in [4.78, 5) is 0. The summed E-state index contributed by atoms with van der Waals surface area (Å²) in [5.41, 5.74) is 8.09. The molecule has 0 atom stereocenters. The van der Waals surface area contributed by atoms with E-state index >= 15 is 0 Å². The Morgan fingerprint density at radius 3 is 1.90 bits per heavy atom. The predicted molar refractivity (Wildman–Crippen MR) is 79.3 cm³/mol. The summed E-state index contributed by atoms with van der Waals surface area (Å²) >= 11 is 0. The first-order chi connectivity index (χ1) is 7.88. The Morgan fingerprint density at radius 1 is 1.10 bits per heavy atom. The molecular weight excluding hydrogens is 341 g/mol. The minimum Gasteiger partial charge on any atom is -1.00 e. The molecular formula is C15H24Cl2NSiTi. The van der Waals surface area contributed by atoms with Crippen molar-refractivity contribution in [2.75, 3.05) is 0 Å². The molecule has 0 spiro atoms. The average molecular weight is 365 g/mol. The van der Waals surface area contributed by atoms with Gasteiger partial charge in [-0.05, 0) is 20.8 Å². The van der Waals surface area contributed by atoms with Gasteiger partial charge in [0.15, 0.2) is 0 Å². The van der Waals surface area contributed by atoms with Crippen molar-refractivity contribution in [3.05, 3.63) is 41.5 Å². The van der Waals surface area contributed by atoms with Crippen LogP contribution in [0.3, 0.4) is 0 Å². The maximum absolute atomic E-state index is 5.35. The molecule has 2 N–H and O–H groups in total. The Balaban J connectivity index is -0.000000103. The van der Waals surface area contributed by atoms with Crippen molar-refractivity contribution in [2.45, 2.75) is 45.8 Å². The van der Waals surface area contributed by atoms with Gasteiger partial charge in [-0.15, -0.1) is 18.1 Å². The number of hydrogen-bond donors (Lipinski definition) is 1. The zero-order valence-electron chi connectivity index (χ0n) is 12.9. The van der Waals surface area contributed by atoms with E-state index in [9.17, 15) is 0 Å². The van der Waals surface area contributed by atoms with Crippen molar-refractivity contribution in [1.29, 1.82) is 0 Å². The van der Waals surface area contributed by atoms with Crippen LogP contribution in [0.15, 0.2) is 24.3 Å². The Hall–Kier alpha value is 0.431. The van der Waals surface area contributed by atoms with E-state index in [0.717, 1.165) is 15.9 Å². The van der Waals surface area contributed by atoms with Crippen molar-refractivity contribution in [3.8, 4) is 0 Å². The first kappa shape index (κ1) is 28.6. The molecule has 2 rings (SSSR count). The fourth-order valence-corrected chi connectivity index (χ4v) is 1.11. The van der Waals surface area contributed by atoms with Crippen molar-refractivity contribution >= 4 is 15.6 Å². The molecule has 0 saturated carbocycles. The third kappa shape index (κ3) is 18.4. The molecule has 0 unspecified atom stereocenters. The maximum Gasteiger partial charge on any atom is 3.00 e. The molecule has 0 saturated heterocycles. The van der Waals surface area contributed by atoms with Gasteiger partial charge in [-0.1, -0.05) is 31.3 Å². The Kier molecular flexibility index (Phi) is 22.6. The van der Waals surface area contributed by atoms with Crippen LogP contribution in [-0.2, 0) is 28.1 Å². The smallest absolute Gasteiger partial charge is 1.00 e. The molecule has 0 fully saturated rings. The topological polar surface area (TPSA) is 26.0 Å². The van der Waals surface area contributed by atoms with Crippen LogP contribution in [0.5, 0.6) is 0 Å². The molecule has 0 amide bonds. The summed E-state index contributed by atoms with van der Waals surface area (Å²) in [6.07, 6.45) is 6.21. The van der Waals surface area contributed by atoms with Crippen LogP contribution < -0.4 is 30.5 Å². The van der Waals surface area contributed by atoms with E-state index in [1.54, 1.807) is 0 Å². The van der Waals surface area contributed by atoms with Crippen molar-refractivity contribution in [1.82, 2.24) is 0 Å². The van der Waals surface area contributed by atoms with Crippen molar-refractivity contribution < 1.29 is 46.5 Å². The monoisotopic (exact) mass is 364 g/mol. The van der Waals surface area contributed by atoms with Crippen molar-refractivity contribution in [2.24, 2.45) is 5.73 Å². The maximum atomic E-state index is 5.35. The first-order valence-corrected chi connectivity index (χ1v) is 7.90. The van der Waals surface area contributed by atoms with Crippen LogP contribution in [0, 0.1) is 6.08 Å². The predicted octanol–water partition coefficient (Wildman–Crippen LogP) is -2.41. The van der Waals surface area contributed by atoms with E-state index in [2.05, 4.69) is 49.5 Å². The van der Waals surface area contributed by atoms with Gasteiger partial charge in [0.2, 0.25) is 0 Å². The molecule has 5 heteroatoms. The molecule has 3 radical (unpaired) electrons. The molecule has 0 aromatic heterocycles. The second-order valence-electron chi connectivity index (χ2n) is 5.09. The average Bonchev–Trinajstić information content (AvgIpc) is 2.63. The molecule has 1 aliphatic carbocycles. The molecule has 1 aromatic carbocycles. The van der Waals surface area contributed by atoms with Gasteiger partial charge >= 0.3 is 21.7 Å². The third-order valence-electron chi connectivity index (χ3n) is 1.61. The summed E-state index contributed by atoms with van der Waals surface area (Å²) in [6.45, 7) is 10.2.